The van der Waals surface area contributed by atoms with Crippen LogP contribution in [0.5, 0.6) is 17.2 Å². The van der Waals surface area contributed by atoms with Crippen LogP contribution in [0.1, 0.15) is 63.6 Å². The Kier molecular flexibility index (Phi) is 13.7. The minimum absolute atomic E-state index is 0.0296. The quantitative estimate of drug-likeness (QED) is 0.0820. The maximum absolute atomic E-state index is 16.5. The molecule has 4 aliphatic heterocycles. The van der Waals surface area contributed by atoms with E-state index in [1.807, 2.05) is 77.7 Å². The van der Waals surface area contributed by atoms with Crippen LogP contribution in [0.4, 0.5) is 10.5 Å². The Morgan fingerprint density at radius 1 is 0.768 bits per heavy atom. The molecule has 15 nitrogen and oxygen atoms in total. The van der Waals surface area contributed by atoms with Crippen molar-refractivity contribution in [3.05, 3.63) is 154 Å². The fourth-order valence-corrected chi connectivity index (χ4v) is 10.6. The first kappa shape index (κ1) is 46.9. The van der Waals surface area contributed by atoms with E-state index >= 15 is 14.4 Å². The predicted molar refractivity (Wildman–Crippen MR) is 251 cm³/mol. The number of esters is 1. The lowest BCUT2D eigenvalue weighted by molar-refractivity contribution is -0.179. The second-order valence-corrected chi connectivity index (χ2v) is 17.1. The maximum atomic E-state index is 16.5. The molecule has 0 radical (unpaired) electrons. The van der Waals surface area contributed by atoms with Crippen molar-refractivity contribution in [2.24, 2.45) is 5.92 Å². The van der Waals surface area contributed by atoms with Crippen LogP contribution in [0, 0.1) is 17.8 Å². The number of imide groups is 1. The van der Waals surface area contributed by atoms with Gasteiger partial charge in [0.1, 0.15) is 36.5 Å². The molecule has 6 unspecified atom stereocenters. The summed E-state index contributed by atoms with van der Waals surface area (Å²) in [7, 11) is 4.56. The number of methoxy groups -OCH3 is 3. The summed E-state index contributed by atoms with van der Waals surface area (Å²) < 4.78 is 34.7. The molecule has 2 N–H and O–H groups in total. The molecule has 5 aromatic carbocycles. The molecule has 0 aliphatic carbocycles. The van der Waals surface area contributed by atoms with Crippen LogP contribution in [-0.2, 0) is 47.0 Å². The smallest absolute Gasteiger partial charge is 0.421 e. The lowest BCUT2D eigenvalue weighted by atomic mass is 9.64. The van der Waals surface area contributed by atoms with Gasteiger partial charge in [0.15, 0.2) is 11.5 Å². The van der Waals surface area contributed by atoms with Crippen LogP contribution < -0.4 is 19.1 Å². The molecule has 9 rings (SSSR count). The highest BCUT2D eigenvalue weighted by atomic mass is 16.6. The Labute approximate surface area is 400 Å². The van der Waals surface area contributed by atoms with E-state index in [9.17, 15) is 15.0 Å². The minimum atomic E-state index is -2.05. The second kappa shape index (κ2) is 20.2. The van der Waals surface area contributed by atoms with E-state index in [1.54, 1.807) is 54.5 Å². The molecule has 2 fully saturated rings. The second-order valence-electron chi connectivity index (χ2n) is 17.1. The number of carbonyl (C=O) groups is 4. The highest BCUT2D eigenvalue weighted by Gasteiger charge is 2.76. The number of aliphatic hydroxyl groups excluding tert-OH is 2. The molecule has 1 spiro atoms. The summed E-state index contributed by atoms with van der Waals surface area (Å²) in [5.41, 5.74) is 2.55. The largest absolute Gasteiger partial charge is 0.493 e. The molecule has 15 heteroatoms. The van der Waals surface area contributed by atoms with E-state index in [1.165, 1.54) is 14.2 Å². The standard InChI is InChI=1S/C54H53N3O12/c1-64-28-29-68-53(63)56-42-22-17-34(12-10-11-25-58)30-41(42)54(52(56)62)45(50(60)55-24-23-38-31-43(65-2)44(66-3)32-39(38)33-55)47-51(61)69-48(36-15-8-5-9-16-36)46(35-13-6-4-7-14-35)57(47)49(54)37-18-20-40(21-19-37)67-27-26-59/h4-9,13-22,30-32,45-49,58-59H,11,23-29,33H2,1-3H3. The first-order valence-electron chi connectivity index (χ1n) is 22.9. The SMILES string of the molecule is COCCOC(=O)N1C(=O)C2(c3cc(C#CCCO)ccc31)C(C(=O)N1CCc3cc(OC)c(OC)cc3C1)C1C(=O)OC(c3ccccc3)C(c3ccccc3)N1C2c1ccc(OCCO)cc1. The van der Waals surface area contributed by atoms with E-state index < -0.39 is 59.4 Å². The van der Waals surface area contributed by atoms with Crippen LogP contribution in [-0.4, -0.2) is 111 Å². The van der Waals surface area contributed by atoms with Gasteiger partial charge in [-0.2, -0.15) is 0 Å². The van der Waals surface area contributed by atoms with E-state index in [0.29, 0.717) is 40.4 Å². The Hall–Kier alpha value is -7.22. The highest BCUT2D eigenvalue weighted by molar-refractivity contribution is 6.23. The minimum Gasteiger partial charge on any atom is -0.493 e. The molecule has 3 amide bonds. The molecule has 356 valence electrons. The van der Waals surface area contributed by atoms with E-state index in [2.05, 4.69) is 11.8 Å². The summed E-state index contributed by atoms with van der Waals surface area (Å²) in [5, 5.41) is 19.3. The van der Waals surface area contributed by atoms with Gasteiger partial charge in [0, 0.05) is 32.2 Å². The van der Waals surface area contributed by atoms with Gasteiger partial charge in [0.2, 0.25) is 11.8 Å². The number of fused-ring (bicyclic) bond motifs is 4. The fraction of sp³-hybridized carbons (Fsp3) is 0.333. The van der Waals surface area contributed by atoms with Crippen LogP contribution in [0.3, 0.4) is 0 Å². The molecular weight excluding hydrogens is 883 g/mol. The lowest BCUT2D eigenvalue weighted by Gasteiger charge is -2.46. The molecule has 0 saturated carbocycles. The number of morpholine rings is 1. The van der Waals surface area contributed by atoms with Crippen molar-refractivity contribution in [3.8, 4) is 29.1 Å². The summed E-state index contributed by atoms with van der Waals surface area (Å²) in [6.45, 7) is -0.169. The number of hydrogen-bond donors (Lipinski definition) is 2. The number of benzene rings is 5. The van der Waals surface area contributed by atoms with Gasteiger partial charge in [-0.3, -0.25) is 19.3 Å². The Morgan fingerprint density at radius 3 is 2.13 bits per heavy atom. The maximum Gasteiger partial charge on any atom is 0.421 e. The number of rotatable bonds is 13. The summed E-state index contributed by atoms with van der Waals surface area (Å²) >= 11 is 0. The van der Waals surface area contributed by atoms with E-state index in [-0.39, 0.29) is 63.8 Å². The number of anilines is 1. The summed E-state index contributed by atoms with van der Waals surface area (Å²) in [6.07, 6.45) is -1.32. The predicted octanol–water partition coefficient (Wildman–Crippen LogP) is 5.84. The normalized spacial score (nSPS) is 22.5. The Balaban J connectivity index is 1.34. The molecular formula is C54H53N3O12. The first-order valence-corrected chi connectivity index (χ1v) is 22.9. The third kappa shape index (κ3) is 8.33. The number of cyclic esters (lactones) is 1. The number of amides is 3. The molecule has 2 saturated heterocycles. The summed E-state index contributed by atoms with van der Waals surface area (Å²) in [5.74, 6) is 4.01. The molecule has 5 aromatic rings. The van der Waals surface area contributed by atoms with Gasteiger partial charge < -0.3 is 43.5 Å². The zero-order chi connectivity index (χ0) is 48.2. The van der Waals surface area contributed by atoms with Gasteiger partial charge in [-0.15, -0.1) is 0 Å². The van der Waals surface area contributed by atoms with Crippen molar-refractivity contribution < 1.29 is 57.8 Å². The van der Waals surface area contributed by atoms with Gasteiger partial charge >= 0.3 is 12.1 Å². The number of hydrogen-bond acceptors (Lipinski definition) is 13. The average Bonchev–Trinajstić information content (AvgIpc) is 3.84. The molecule has 69 heavy (non-hydrogen) atoms. The van der Waals surface area contributed by atoms with Gasteiger partial charge in [0.05, 0.1) is 57.7 Å². The Bertz CT molecular complexity index is 2780. The number of aliphatic hydroxyl groups is 2. The zero-order valence-corrected chi connectivity index (χ0v) is 38.5. The third-order valence-electron chi connectivity index (χ3n) is 13.5. The number of ether oxygens (including phenoxy) is 6. The molecule has 4 heterocycles. The first-order chi connectivity index (χ1) is 33.7. The van der Waals surface area contributed by atoms with Crippen molar-refractivity contribution in [3.63, 3.8) is 0 Å². The fourth-order valence-electron chi connectivity index (χ4n) is 10.6. The van der Waals surface area contributed by atoms with Crippen LogP contribution in [0.15, 0.2) is 115 Å². The van der Waals surface area contributed by atoms with Crippen LogP contribution in [0.2, 0.25) is 0 Å². The van der Waals surface area contributed by atoms with Gasteiger partial charge in [-0.05, 0) is 82.3 Å². The summed E-state index contributed by atoms with van der Waals surface area (Å²) in [4.78, 5) is 67.6. The lowest BCUT2D eigenvalue weighted by Crippen LogP contribution is -2.57. The molecule has 4 aliphatic rings. The number of nitrogens with zero attached hydrogens (tertiary/aromatic N) is 3. The van der Waals surface area contributed by atoms with Crippen molar-refractivity contribution in [2.45, 2.75) is 49.0 Å². The summed E-state index contributed by atoms with van der Waals surface area (Å²) in [6, 6.07) is 31.3. The van der Waals surface area contributed by atoms with Crippen molar-refractivity contribution in [2.75, 3.05) is 65.8 Å². The molecule has 0 bridgehead atoms. The van der Waals surface area contributed by atoms with Gasteiger partial charge in [-0.25, -0.2) is 9.69 Å². The van der Waals surface area contributed by atoms with Crippen LogP contribution in [0.25, 0.3) is 0 Å². The van der Waals surface area contributed by atoms with Crippen molar-refractivity contribution in [1.82, 2.24) is 9.80 Å². The van der Waals surface area contributed by atoms with E-state index in [0.717, 1.165) is 21.6 Å². The molecule has 0 aromatic heterocycles. The van der Waals surface area contributed by atoms with Crippen molar-refractivity contribution >= 4 is 29.6 Å². The Morgan fingerprint density at radius 2 is 1.46 bits per heavy atom. The van der Waals surface area contributed by atoms with E-state index in [4.69, 9.17) is 28.4 Å². The van der Waals surface area contributed by atoms with Crippen LogP contribution >= 0.6 is 0 Å². The van der Waals surface area contributed by atoms with Crippen molar-refractivity contribution in [1.29, 1.82) is 0 Å². The molecule has 6 atom stereocenters. The monoisotopic (exact) mass is 935 g/mol. The highest BCUT2D eigenvalue weighted by Crippen LogP contribution is 2.66. The zero-order valence-electron chi connectivity index (χ0n) is 38.5. The third-order valence-corrected chi connectivity index (χ3v) is 13.5. The number of carbonyl (C=O) groups excluding carboxylic acids is 4. The van der Waals surface area contributed by atoms with Gasteiger partial charge in [-0.1, -0.05) is 84.6 Å². The topological polar surface area (TPSA) is 174 Å². The van der Waals surface area contributed by atoms with Gasteiger partial charge in [0.25, 0.3) is 0 Å². The average molecular weight is 936 g/mol.